The number of hydrogen-bond acceptors (Lipinski definition) is 6. The maximum absolute atomic E-state index is 12.5. The molecule has 0 aliphatic carbocycles. The molecule has 0 bridgehead atoms. The van der Waals surface area contributed by atoms with Crippen LogP contribution in [0.1, 0.15) is 200 Å². The largest absolute Gasteiger partial charge is 0.472 e. The summed E-state index contributed by atoms with van der Waals surface area (Å²) < 4.78 is 34.8. The van der Waals surface area contributed by atoms with Gasteiger partial charge in [0.2, 0.25) is 0 Å². The van der Waals surface area contributed by atoms with Crippen LogP contribution in [0.25, 0.3) is 0 Å². The lowest BCUT2D eigenvalue weighted by atomic mass is 10.0. The summed E-state index contributed by atoms with van der Waals surface area (Å²) >= 11 is 0. The summed E-state index contributed by atoms with van der Waals surface area (Å²) in [7, 11) is 1.67. The minimum absolute atomic E-state index is 0.0904. The molecule has 0 aliphatic rings. The molecule has 0 amide bonds. The lowest BCUT2D eigenvalue weighted by Gasteiger charge is -2.24. The van der Waals surface area contributed by atoms with Crippen LogP contribution < -0.4 is 0 Å². The Hall–Kier alpha value is -1.02. The molecular weight excluding hydrogens is 697 g/mol. The van der Waals surface area contributed by atoms with Crippen LogP contribution in [0, 0.1) is 0 Å². The molecule has 8 nitrogen and oxygen atoms in total. The zero-order chi connectivity index (χ0) is 39.9. The van der Waals surface area contributed by atoms with Gasteiger partial charge in [-0.2, -0.15) is 0 Å². The van der Waals surface area contributed by atoms with Crippen LogP contribution in [-0.2, 0) is 27.9 Å². The average Bonchev–Trinajstić information content (AvgIpc) is 3.12. The van der Waals surface area contributed by atoms with Crippen molar-refractivity contribution in [2.45, 2.75) is 206 Å². The third kappa shape index (κ3) is 42.1. The van der Waals surface area contributed by atoms with Crippen molar-refractivity contribution in [1.29, 1.82) is 0 Å². The smallest absolute Gasteiger partial charge is 0.457 e. The lowest BCUT2D eigenvalue weighted by Crippen LogP contribution is -2.37. The van der Waals surface area contributed by atoms with Gasteiger partial charge in [0.05, 0.1) is 34.4 Å². The first kappa shape index (κ1) is 53.0. The van der Waals surface area contributed by atoms with Crippen molar-refractivity contribution in [1.82, 2.24) is 0 Å². The summed E-state index contributed by atoms with van der Waals surface area (Å²) in [6.45, 7) is 5.57. The molecule has 2 atom stereocenters. The third-order valence-electron chi connectivity index (χ3n) is 9.77. The molecule has 1 N–H and O–H groups in total. The summed E-state index contributed by atoms with van der Waals surface area (Å²) in [6.07, 6.45) is 44.0. The molecule has 0 aliphatic heterocycles. The topological polar surface area (TPSA) is 91.3 Å². The van der Waals surface area contributed by atoms with Crippen LogP contribution >= 0.6 is 7.82 Å². The van der Waals surface area contributed by atoms with Crippen molar-refractivity contribution in [3.63, 3.8) is 0 Å². The summed E-state index contributed by atoms with van der Waals surface area (Å²) in [5.74, 6) is -0.321. The molecule has 0 aromatic heterocycles. The van der Waals surface area contributed by atoms with Crippen molar-refractivity contribution in [2.75, 3.05) is 54.1 Å². The van der Waals surface area contributed by atoms with E-state index in [1.165, 1.54) is 141 Å². The first-order valence-corrected chi connectivity index (χ1v) is 24.1. The molecule has 0 saturated carbocycles. The number of nitrogens with zero attached hydrogens (tertiary/aromatic N) is 1. The van der Waals surface area contributed by atoms with Crippen LogP contribution in [0.15, 0.2) is 24.3 Å². The zero-order valence-corrected chi connectivity index (χ0v) is 37.1. The number of likely N-dealkylation sites (N-methyl/N-ethyl adjacent to an activating group) is 1. The van der Waals surface area contributed by atoms with E-state index in [-0.39, 0.29) is 25.8 Å². The molecular formula is C45H89NO7P+. The number of esters is 1. The number of phosphoric acid groups is 1. The molecule has 320 valence electrons. The molecule has 0 spiro atoms. The summed E-state index contributed by atoms with van der Waals surface area (Å²) in [5, 5.41) is 0. The molecule has 0 fully saturated rings. The second kappa shape index (κ2) is 38.8. The number of hydrogen-bond donors (Lipinski definition) is 1. The Morgan fingerprint density at radius 2 is 1.02 bits per heavy atom. The van der Waals surface area contributed by atoms with Gasteiger partial charge in [-0.1, -0.05) is 173 Å². The number of phosphoric ester groups is 1. The van der Waals surface area contributed by atoms with E-state index in [1.54, 1.807) is 0 Å². The maximum Gasteiger partial charge on any atom is 0.472 e. The van der Waals surface area contributed by atoms with E-state index in [4.69, 9.17) is 18.5 Å². The monoisotopic (exact) mass is 787 g/mol. The van der Waals surface area contributed by atoms with Crippen molar-refractivity contribution in [2.24, 2.45) is 0 Å². The highest BCUT2D eigenvalue weighted by atomic mass is 31.2. The Balaban J connectivity index is 3.90. The van der Waals surface area contributed by atoms with E-state index in [0.29, 0.717) is 24.1 Å². The van der Waals surface area contributed by atoms with Crippen molar-refractivity contribution >= 4 is 13.8 Å². The second-order valence-electron chi connectivity index (χ2n) is 16.4. The normalized spacial score (nSPS) is 14.0. The predicted octanol–water partition coefficient (Wildman–Crippen LogP) is 13.2. The van der Waals surface area contributed by atoms with Gasteiger partial charge in [-0.25, -0.2) is 4.57 Å². The molecule has 0 heterocycles. The zero-order valence-electron chi connectivity index (χ0n) is 36.2. The Labute approximate surface area is 334 Å². The SMILES string of the molecule is CCCCCCC/C=C\C/C=C\CCCCCCCCCCCCCCCCOCC(COP(=O)(O)OCC[N+](C)(C)C)OC(=O)CCCCCCCC. The first-order valence-electron chi connectivity index (χ1n) is 22.6. The maximum atomic E-state index is 12.5. The number of quaternary nitrogens is 1. The number of ether oxygens (including phenoxy) is 2. The number of rotatable bonds is 42. The molecule has 54 heavy (non-hydrogen) atoms. The fourth-order valence-corrected chi connectivity index (χ4v) is 6.97. The quantitative estimate of drug-likeness (QED) is 0.0217. The number of unbranched alkanes of at least 4 members (excludes halogenated alkanes) is 24. The van der Waals surface area contributed by atoms with Crippen molar-refractivity contribution < 1.29 is 37.3 Å². The van der Waals surface area contributed by atoms with Gasteiger partial charge in [0.1, 0.15) is 19.3 Å². The van der Waals surface area contributed by atoms with E-state index in [0.717, 1.165) is 38.5 Å². The van der Waals surface area contributed by atoms with Crippen molar-refractivity contribution in [3.05, 3.63) is 24.3 Å². The van der Waals surface area contributed by atoms with Crippen molar-refractivity contribution in [3.8, 4) is 0 Å². The number of allylic oxidation sites excluding steroid dienone is 4. The second-order valence-corrected chi connectivity index (χ2v) is 17.9. The first-order chi connectivity index (χ1) is 26.1. The van der Waals surface area contributed by atoms with Gasteiger partial charge in [-0.15, -0.1) is 0 Å². The van der Waals surface area contributed by atoms with Crippen LogP contribution in [0.3, 0.4) is 0 Å². The molecule has 0 aromatic rings. The van der Waals surface area contributed by atoms with Gasteiger partial charge in [-0.05, 0) is 44.9 Å². The molecule has 0 radical (unpaired) electrons. The molecule has 0 rings (SSSR count). The van der Waals surface area contributed by atoms with Gasteiger partial charge < -0.3 is 18.9 Å². The predicted molar refractivity (Wildman–Crippen MR) is 229 cm³/mol. The van der Waals surface area contributed by atoms with Gasteiger partial charge >= 0.3 is 13.8 Å². The Morgan fingerprint density at radius 1 is 0.574 bits per heavy atom. The van der Waals surface area contributed by atoms with Crippen LogP contribution in [0.2, 0.25) is 0 Å². The molecule has 0 saturated heterocycles. The van der Waals surface area contributed by atoms with Gasteiger partial charge in [-0.3, -0.25) is 13.8 Å². The van der Waals surface area contributed by atoms with E-state index in [9.17, 15) is 14.3 Å². The lowest BCUT2D eigenvalue weighted by molar-refractivity contribution is -0.870. The van der Waals surface area contributed by atoms with Crippen LogP contribution in [-0.4, -0.2) is 75.6 Å². The average molecular weight is 787 g/mol. The minimum Gasteiger partial charge on any atom is -0.457 e. The summed E-state index contributed by atoms with van der Waals surface area (Å²) in [5.41, 5.74) is 0. The van der Waals surface area contributed by atoms with E-state index >= 15 is 0 Å². The molecule has 9 heteroatoms. The minimum atomic E-state index is -4.26. The highest BCUT2D eigenvalue weighted by Gasteiger charge is 2.26. The Kier molecular flexibility index (Phi) is 38.1. The van der Waals surface area contributed by atoms with E-state index in [1.807, 2.05) is 21.1 Å². The molecule has 0 aromatic carbocycles. The fraction of sp³-hybridized carbons (Fsp3) is 0.889. The van der Waals surface area contributed by atoms with Gasteiger partial charge in [0, 0.05) is 13.0 Å². The number of carbonyl (C=O) groups excluding carboxylic acids is 1. The Morgan fingerprint density at radius 3 is 1.50 bits per heavy atom. The fourth-order valence-electron chi connectivity index (χ4n) is 6.23. The highest BCUT2D eigenvalue weighted by Crippen LogP contribution is 2.43. The van der Waals surface area contributed by atoms with E-state index in [2.05, 4.69) is 38.2 Å². The standard InChI is InChI=1S/C45H88NO7P/c1-6-8-10-12-14-15-16-17-18-19-20-21-22-23-24-25-26-27-28-29-30-31-32-33-35-37-40-50-42-44(53-45(47)38-36-34-13-11-9-7-2)43-52-54(48,49)51-41-39-46(3,4)5/h16-17,19-20,44H,6-15,18,21-43H2,1-5H3/p+1/b17-16-,20-19-. The van der Waals surface area contributed by atoms with Gasteiger partial charge in [0.25, 0.3) is 0 Å². The van der Waals surface area contributed by atoms with Crippen LogP contribution in [0.4, 0.5) is 0 Å². The highest BCUT2D eigenvalue weighted by molar-refractivity contribution is 7.47. The Bertz CT molecular complexity index is 920. The molecule has 2 unspecified atom stereocenters. The summed E-state index contributed by atoms with van der Waals surface area (Å²) in [6, 6.07) is 0. The summed E-state index contributed by atoms with van der Waals surface area (Å²) in [4.78, 5) is 22.6. The van der Waals surface area contributed by atoms with Gasteiger partial charge in [0.15, 0.2) is 0 Å². The van der Waals surface area contributed by atoms with E-state index < -0.39 is 13.9 Å². The number of carbonyl (C=O) groups is 1. The third-order valence-corrected chi connectivity index (χ3v) is 10.7. The van der Waals surface area contributed by atoms with Crippen LogP contribution in [0.5, 0.6) is 0 Å².